The van der Waals surface area contributed by atoms with Crippen molar-refractivity contribution in [2.75, 3.05) is 13.1 Å². The number of halogens is 6. The Balaban J connectivity index is 2.09. The molecule has 0 aromatic heterocycles. The Kier molecular flexibility index (Phi) is 5.07. The summed E-state index contributed by atoms with van der Waals surface area (Å²) in [5, 5.41) is 0. The molecule has 1 saturated heterocycles. The molecule has 0 spiro atoms. The summed E-state index contributed by atoms with van der Waals surface area (Å²) in [6, 6.07) is 1.89. The van der Waals surface area contributed by atoms with Gasteiger partial charge >= 0.3 is 12.1 Å². The van der Waals surface area contributed by atoms with Gasteiger partial charge < -0.3 is 4.90 Å². The van der Waals surface area contributed by atoms with Crippen LogP contribution in [0, 0.1) is 17.6 Å². The molecule has 2 rings (SSSR count). The van der Waals surface area contributed by atoms with Crippen molar-refractivity contribution < 1.29 is 31.5 Å². The maximum atomic E-state index is 13.8. The van der Waals surface area contributed by atoms with Crippen LogP contribution in [-0.2, 0) is 4.79 Å². The summed E-state index contributed by atoms with van der Waals surface area (Å²) in [4.78, 5) is 23.9. The van der Waals surface area contributed by atoms with Crippen molar-refractivity contribution in [2.24, 2.45) is 5.92 Å². The zero-order valence-corrected chi connectivity index (χ0v) is 13.2. The van der Waals surface area contributed by atoms with E-state index in [1.807, 2.05) is 0 Å². The number of ketones is 1. The van der Waals surface area contributed by atoms with Crippen LogP contribution in [0.1, 0.15) is 23.2 Å². The van der Waals surface area contributed by atoms with Crippen molar-refractivity contribution >= 4 is 27.6 Å². The van der Waals surface area contributed by atoms with E-state index in [9.17, 15) is 31.5 Å². The summed E-state index contributed by atoms with van der Waals surface area (Å²) in [5.41, 5.74) is -0.700. The van der Waals surface area contributed by atoms with E-state index in [4.69, 9.17) is 0 Å². The molecule has 0 saturated carbocycles. The first kappa shape index (κ1) is 17.8. The fourth-order valence-corrected chi connectivity index (χ4v) is 2.91. The van der Waals surface area contributed by atoms with Crippen molar-refractivity contribution in [1.29, 1.82) is 0 Å². The Morgan fingerprint density at radius 3 is 2.00 bits per heavy atom. The number of nitrogens with zero attached hydrogens (tertiary/aromatic N) is 1. The number of hydrogen-bond donors (Lipinski definition) is 0. The summed E-state index contributed by atoms with van der Waals surface area (Å²) >= 11 is 2.89. The Morgan fingerprint density at radius 1 is 1.09 bits per heavy atom. The first-order valence-corrected chi connectivity index (χ1v) is 7.45. The number of amides is 1. The molecular formula is C14H11BrF5NO2. The highest BCUT2D eigenvalue weighted by Gasteiger charge is 2.44. The van der Waals surface area contributed by atoms with Gasteiger partial charge in [0.25, 0.3) is 0 Å². The number of hydrogen-bond acceptors (Lipinski definition) is 2. The van der Waals surface area contributed by atoms with Crippen LogP contribution >= 0.6 is 15.9 Å². The van der Waals surface area contributed by atoms with Crippen LogP contribution in [0.5, 0.6) is 0 Å². The monoisotopic (exact) mass is 399 g/mol. The molecule has 1 heterocycles. The predicted molar refractivity (Wildman–Crippen MR) is 73.7 cm³/mol. The van der Waals surface area contributed by atoms with Gasteiger partial charge in [-0.15, -0.1) is 0 Å². The largest absolute Gasteiger partial charge is 0.471 e. The van der Waals surface area contributed by atoms with Crippen molar-refractivity contribution in [2.45, 2.75) is 19.0 Å². The van der Waals surface area contributed by atoms with E-state index in [0.29, 0.717) is 4.90 Å². The molecule has 0 bridgehead atoms. The Bertz CT molecular complexity index is 616. The maximum Gasteiger partial charge on any atom is 0.471 e. The lowest BCUT2D eigenvalue weighted by Gasteiger charge is -2.31. The molecule has 9 heteroatoms. The van der Waals surface area contributed by atoms with Gasteiger partial charge in [0.05, 0.1) is 5.56 Å². The summed E-state index contributed by atoms with van der Waals surface area (Å²) in [7, 11) is 0. The minimum absolute atomic E-state index is 0.0738. The second kappa shape index (κ2) is 6.54. The normalized spacial score (nSPS) is 16.5. The van der Waals surface area contributed by atoms with E-state index in [-0.39, 0.29) is 30.4 Å². The highest BCUT2D eigenvalue weighted by atomic mass is 79.9. The topological polar surface area (TPSA) is 37.4 Å². The lowest BCUT2D eigenvalue weighted by atomic mass is 9.88. The molecular weight excluding hydrogens is 389 g/mol. The number of likely N-dealkylation sites (tertiary alicyclic amines) is 1. The number of alkyl halides is 3. The third kappa shape index (κ3) is 3.88. The lowest BCUT2D eigenvalue weighted by molar-refractivity contribution is -0.186. The number of carbonyl (C=O) groups excluding carboxylic acids is 2. The van der Waals surface area contributed by atoms with E-state index < -0.39 is 41.0 Å². The molecule has 1 aromatic carbocycles. The van der Waals surface area contributed by atoms with Gasteiger partial charge in [-0.1, -0.05) is 15.9 Å². The average Bonchev–Trinajstić information content (AvgIpc) is 2.44. The van der Waals surface area contributed by atoms with Gasteiger partial charge in [-0.25, -0.2) is 8.78 Å². The lowest BCUT2D eigenvalue weighted by Crippen LogP contribution is -2.46. The number of carbonyl (C=O) groups is 2. The number of Topliss-reactive ketones (excluding diaryl/α,β-unsaturated/α-hetero) is 1. The van der Waals surface area contributed by atoms with Crippen LogP contribution < -0.4 is 0 Å². The van der Waals surface area contributed by atoms with E-state index in [1.54, 1.807) is 0 Å². The second-order valence-electron chi connectivity index (χ2n) is 5.17. The van der Waals surface area contributed by atoms with Crippen LogP contribution in [0.4, 0.5) is 22.0 Å². The van der Waals surface area contributed by atoms with E-state index in [2.05, 4.69) is 15.9 Å². The quantitative estimate of drug-likeness (QED) is 0.561. The molecule has 1 aliphatic rings. The standard InChI is InChI=1S/C14H11BrF5NO2/c15-8-5-9(16)11(10(17)6-8)12(22)7-1-3-21(4-2-7)13(23)14(18,19)20/h5-7H,1-4H2. The fourth-order valence-electron chi connectivity index (χ4n) is 2.51. The molecule has 1 fully saturated rings. The van der Waals surface area contributed by atoms with Crippen molar-refractivity contribution in [3.05, 3.63) is 33.8 Å². The van der Waals surface area contributed by atoms with Crippen LogP contribution in [0.15, 0.2) is 16.6 Å². The van der Waals surface area contributed by atoms with Gasteiger partial charge in [-0.05, 0) is 25.0 Å². The Morgan fingerprint density at radius 2 is 1.57 bits per heavy atom. The Hall–Kier alpha value is -1.51. The summed E-state index contributed by atoms with van der Waals surface area (Å²) < 4.78 is 64.7. The SMILES string of the molecule is O=C(c1c(F)cc(Br)cc1F)C1CCN(C(=O)C(F)(F)F)CC1. The molecule has 126 valence electrons. The highest BCUT2D eigenvalue weighted by Crippen LogP contribution is 2.28. The van der Waals surface area contributed by atoms with Crippen LogP contribution in [-0.4, -0.2) is 35.9 Å². The van der Waals surface area contributed by atoms with E-state index in [0.717, 1.165) is 12.1 Å². The van der Waals surface area contributed by atoms with Crippen LogP contribution in [0.3, 0.4) is 0 Å². The molecule has 1 amide bonds. The van der Waals surface area contributed by atoms with Gasteiger partial charge in [0.1, 0.15) is 11.6 Å². The molecule has 3 nitrogen and oxygen atoms in total. The van der Waals surface area contributed by atoms with Crippen molar-refractivity contribution in [3.8, 4) is 0 Å². The van der Waals surface area contributed by atoms with Gasteiger partial charge in [-0.2, -0.15) is 13.2 Å². The number of rotatable bonds is 2. The molecule has 0 aliphatic carbocycles. The third-order valence-corrected chi connectivity index (χ3v) is 4.11. The smallest absolute Gasteiger partial charge is 0.335 e. The van der Waals surface area contributed by atoms with Crippen LogP contribution in [0.2, 0.25) is 0 Å². The minimum atomic E-state index is -4.97. The number of benzene rings is 1. The molecule has 1 aliphatic heterocycles. The second-order valence-corrected chi connectivity index (χ2v) is 6.09. The van der Waals surface area contributed by atoms with Crippen molar-refractivity contribution in [1.82, 2.24) is 4.90 Å². The van der Waals surface area contributed by atoms with Gasteiger partial charge in [0.2, 0.25) is 0 Å². The summed E-state index contributed by atoms with van der Waals surface area (Å²) in [6.45, 7) is -0.566. The maximum absolute atomic E-state index is 13.8. The summed E-state index contributed by atoms with van der Waals surface area (Å²) in [6.07, 6.45) is -5.12. The first-order chi connectivity index (χ1) is 10.6. The van der Waals surface area contributed by atoms with Crippen LogP contribution in [0.25, 0.3) is 0 Å². The Labute approximate surface area is 136 Å². The van der Waals surface area contributed by atoms with Gasteiger partial charge in [0, 0.05) is 23.5 Å². The molecule has 0 unspecified atom stereocenters. The minimum Gasteiger partial charge on any atom is -0.335 e. The summed E-state index contributed by atoms with van der Waals surface area (Å²) in [5.74, 6) is -5.65. The zero-order chi connectivity index (χ0) is 17.4. The molecule has 1 aromatic rings. The molecule has 23 heavy (non-hydrogen) atoms. The van der Waals surface area contributed by atoms with Crippen molar-refractivity contribution in [3.63, 3.8) is 0 Å². The predicted octanol–water partition coefficient (Wildman–Crippen LogP) is 3.71. The highest BCUT2D eigenvalue weighted by molar-refractivity contribution is 9.10. The van der Waals surface area contributed by atoms with E-state index >= 15 is 0 Å². The average molecular weight is 400 g/mol. The van der Waals surface area contributed by atoms with Gasteiger partial charge in [0.15, 0.2) is 5.78 Å². The molecule has 0 radical (unpaired) electrons. The van der Waals surface area contributed by atoms with E-state index in [1.165, 1.54) is 0 Å². The third-order valence-electron chi connectivity index (χ3n) is 3.65. The molecule has 0 N–H and O–H groups in total. The van der Waals surface area contributed by atoms with Gasteiger partial charge in [-0.3, -0.25) is 9.59 Å². The fraction of sp³-hybridized carbons (Fsp3) is 0.429. The first-order valence-electron chi connectivity index (χ1n) is 6.66. The zero-order valence-electron chi connectivity index (χ0n) is 11.6. The molecule has 0 atom stereocenters. The number of piperidine rings is 1.